The first-order chi connectivity index (χ1) is 26.8. The number of hydrogen-bond acceptors (Lipinski definition) is 9. The van der Waals surface area contributed by atoms with Crippen LogP contribution < -0.4 is 0 Å². The lowest BCUT2D eigenvalue weighted by Crippen LogP contribution is -2.02. The van der Waals surface area contributed by atoms with Crippen molar-refractivity contribution in [2.45, 2.75) is 0 Å². The minimum atomic E-state index is 0.419. The first-order valence-corrected chi connectivity index (χ1v) is 17.4. The van der Waals surface area contributed by atoms with Crippen molar-refractivity contribution in [1.82, 2.24) is 45.3 Å². The molecule has 0 aliphatic rings. The molecule has 0 unspecified atom stereocenters. The summed E-state index contributed by atoms with van der Waals surface area (Å²) in [7, 11) is 0. The van der Waals surface area contributed by atoms with E-state index in [9.17, 15) is 0 Å². The molecule has 0 radical (unpaired) electrons. The van der Waals surface area contributed by atoms with Gasteiger partial charge in [0.15, 0.2) is 0 Å². The number of aromatic nitrogens is 9. The normalized spacial score (nSPS) is 11.0. The second kappa shape index (κ2) is 14.5. The Balaban J connectivity index is 1.05. The fraction of sp³-hybridized carbons (Fsp3) is 0. The van der Waals surface area contributed by atoms with E-state index < -0.39 is 0 Å². The lowest BCUT2D eigenvalue weighted by molar-refractivity contribution is 0.981. The van der Waals surface area contributed by atoms with Crippen LogP contribution in [0.1, 0.15) is 0 Å². The minimum Gasteiger partial charge on any atom is -0.245 e. The third kappa shape index (κ3) is 6.60. The number of pyridine rings is 3. The molecule has 0 saturated heterocycles. The molecule has 4 aromatic carbocycles. The van der Waals surface area contributed by atoms with Crippen molar-refractivity contribution in [2.75, 3.05) is 0 Å². The molecule has 0 aliphatic heterocycles. The zero-order chi connectivity index (χ0) is 36.1. The molecule has 0 amide bonds. The van der Waals surface area contributed by atoms with Crippen LogP contribution in [0.4, 0.5) is 0 Å². The largest absolute Gasteiger partial charge is 0.245 e. The van der Waals surface area contributed by atoms with E-state index in [-0.39, 0.29) is 0 Å². The monoisotopic (exact) mass is 695 g/mol. The smallest absolute Gasteiger partial charge is 0.201 e. The zero-order valence-corrected chi connectivity index (χ0v) is 28.8. The van der Waals surface area contributed by atoms with Gasteiger partial charge in [-0.15, -0.1) is 20.4 Å². The molecule has 9 nitrogen and oxygen atoms in total. The molecule has 0 N–H and O–H groups in total. The predicted octanol–water partition coefficient (Wildman–Crippen LogP) is 9.58. The van der Waals surface area contributed by atoms with Gasteiger partial charge >= 0.3 is 0 Å². The van der Waals surface area contributed by atoms with E-state index in [1.807, 2.05) is 176 Å². The van der Waals surface area contributed by atoms with E-state index in [0.29, 0.717) is 57.2 Å². The first kappa shape index (κ1) is 32.3. The molecule has 0 spiro atoms. The highest BCUT2D eigenvalue weighted by atomic mass is 15.2. The molecule has 0 saturated carbocycles. The molecule has 5 aromatic heterocycles. The Morgan fingerprint density at radius 1 is 0.204 bits per heavy atom. The van der Waals surface area contributed by atoms with Crippen molar-refractivity contribution in [3.8, 4) is 90.8 Å². The molecule has 9 aromatic rings. The van der Waals surface area contributed by atoms with E-state index in [1.54, 1.807) is 0 Å². The van der Waals surface area contributed by atoms with Gasteiger partial charge in [-0.3, -0.25) is 0 Å². The summed E-state index contributed by atoms with van der Waals surface area (Å²) in [6.07, 6.45) is 0. The topological polar surface area (TPSA) is 116 Å². The van der Waals surface area contributed by atoms with Crippen LogP contribution in [0, 0.1) is 0 Å². The van der Waals surface area contributed by atoms with Crippen molar-refractivity contribution in [3.63, 3.8) is 0 Å². The van der Waals surface area contributed by atoms with Crippen molar-refractivity contribution in [1.29, 1.82) is 0 Å². The maximum atomic E-state index is 4.99. The molecule has 5 heterocycles. The van der Waals surface area contributed by atoms with Gasteiger partial charge in [-0.2, -0.15) is 0 Å². The van der Waals surface area contributed by atoms with E-state index in [1.165, 1.54) is 0 Å². The summed E-state index contributed by atoms with van der Waals surface area (Å²) >= 11 is 0. The Labute approximate surface area is 311 Å². The maximum Gasteiger partial charge on any atom is 0.201 e. The summed E-state index contributed by atoms with van der Waals surface area (Å²) in [6.45, 7) is 0. The van der Waals surface area contributed by atoms with Gasteiger partial charge in [0.2, 0.25) is 11.6 Å². The first-order valence-electron chi connectivity index (χ1n) is 17.4. The standard InChI is InChI=1S/C45H29N9/c1-5-16-30(17-6-1)40-42(32-20-9-3-10-21-32)51-53-44(49-40)38-28-14-26-36(47-38)34-24-13-25-35(46-34)37-27-15-29-39(48-37)45-50-41(31-18-7-2-8-19-31)43(52-54-45)33-22-11-4-12-23-33/h1-29H. The quantitative estimate of drug-likeness (QED) is 0.153. The fourth-order valence-corrected chi connectivity index (χ4v) is 6.17. The number of rotatable bonds is 8. The van der Waals surface area contributed by atoms with Gasteiger partial charge in [-0.05, 0) is 36.4 Å². The zero-order valence-electron chi connectivity index (χ0n) is 28.8. The van der Waals surface area contributed by atoms with E-state index >= 15 is 0 Å². The molecule has 0 atom stereocenters. The average molecular weight is 696 g/mol. The summed E-state index contributed by atoms with van der Waals surface area (Å²) in [5, 5.41) is 18.3. The summed E-state index contributed by atoms with van der Waals surface area (Å²) in [5.74, 6) is 0.838. The van der Waals surface area contributed by atoms with Crippen LogP contribution >= 0.6 is 0 Å². The Morgan fingerprint density at radius 3 is 0.815 bits per heavy atom. The SMILES string of the molecule is c1ccc(-c2nnc(-c3cccc(-c4cccc(-c5cccc(-c6nnc(-c7ccccc7)c(-c7ccccc7)n6)n5)n4)n3)nc2-c2ccccc2)cc1. The van der Waals surface area contributed by atoms with Gasteiger partial charge in [0, 0.05) is 22.3 Å². The van der Waals surface area contributed by atoms with Gasteiger partial charge < -0.3 is 0 Å². The highest BCUT2D eigenvalue weighted by Crippen LogP contribution is 2.32. The van der Waals surface area contributed by atoms with Crippen molar-refractivity contribution >= 4 is 0 Å². The molecule has 9 rings (SSSR count). The highest BCUT2D eigenvalue weighted by Gasteiger charge is 2.18. The summed E-state index contributed by atoms with van der Waals surface area (Å²) < 4.78 is 0. The van der Waals surface area contributed by atoms with Gasteiger partial charge in [0.05, 0.1) is 22.8 Å². The Kier molecular flexibility index (Phi) is 8.68. The van der Waals surface area contributed by atoms with Crippen LogP contribution in [0.5, 0.6) is 0 Å². The van der Waals surface area contributed by atoms with Crippen LogP contribution in [0.15, 0.2) is 176 Å². The third-order valence-corrected chi connectivity index (χ3v) is 8.79. The average Bonchev–Trinajstić information content (AvgIpc) is 3.27. The third-order valence-electron chi connectivity index (χ3n) is 8.79. The van der Waals surface area contributed by atoms with E-state index in [2.05, 4.69) is 20.4 Å². The lowest BCUT2D eigenvalue weighted by atomic mass is 10.0. The predicted molar refractivity (Wildman–Crippen MR) is 210 cm³/mol. The van der Waals surface area contributed by atoms with E-state index in [4.69, 9.17) is 24.9 Å². The summed E-state index contributed by atoms with van der Waals surface area (Å²) in [4.78, 5) is 24.9. The summed E-state index contributed by atoms with van der Waals surface area (Å²) in [5.41, 5.74) is 10.5. The van der Waals surface area contributed by atoms with Crippen LogP contribution in [-0.4, -0.2) is 45.3 Å². The molecule has 0 fully saturated rings. The van der Waals surface area contributed by atoms with Crippen molar-refractivity contribution < 1.29 is 0 Å². The Hall–Kier alpha value is -7.65. The van der Waals surface area contributed by atoms with Crippen molar-refractivity contribution in [2.24, 2.45) is 0 Å². The molecular weight excluding hydrogens is 667 g/mol. The molecule has 54 heavy (non-hydrogen) atoms. The van der Waals surface area contributed by atoms with Gasteiger partial charge in [0.1, 0.15) is 34.2 Å². The molecular formula is C45H29N9. The molecule has 254 valence electrons. The second-order valence-corrected chi connectivity index (χ2v) is 12.4. The van der Waals surface area contributed by atoms with Crippen LogP contribution in [0.2, 0.25) is 0 Å². The molecule has 9 heteroatoms. The summed E-state index contributed by atoms with van der Waals surface area (Å²) in [6, 6.07) is 57.1. The van der Waals surface area contributed by atoms with Crippen molar-refractivity contribution in [3.05, 3.63) is 176 Å². The Bertz CT molecular complexity index is 2520. The number of nitrogens with zero attached hydrogens (tertiary/aromatic N) is 9. The minimum absolute atomic E-state index is 0.419. The molecule has 0 aliphatic carbocycles. The van der Waals surface area contributed by atoms with Crippen LogP contribution in [-0.2, 0) is 0 Å². The lowest BCUT2D eigenvalue weighted by Gasteiger charge is -2.11. The Morgan fingerprint density at radius 2 is 0.481 bits per heavy atom. The van der Waals surface area contributed by atoms with E-state index in [0.717, 1.165) is 33.6 Å². The van der Waals surface area contributed by atoms with Crippen LogP contribution in [0.3, 0.4) is 0 Å². The van der Waals surface area contributed by atoms with Crippen LogP contribution in [0.25, 0.3) is 90.8 Å². The van der Waals surface area contributed by atoms with Gasteiger partial charge in [-0.25, -0.2) is 24.9 Å². The number of benzene rings is 4. The highest BCUT2D eigenvalue weighted by molar-refractivity contribution is 5.80. The van der Waals surface area contributed by atoms with Gasteiger partial charge in [0.25, 0.3) is 0 Å². The van der Waals surface area contributed by atoms with Gasteiger partial charge in [-0.1, -0.05) is 140 Å². The molecule has 0 bridgehead atoms. The second-order valence-electron chi connectivity index (χ2n) is 12.4. The fourth-order valence-electron chi connectivity index (χ4n) is 6.17. The maximum absolute atomic E-state index is 4.99. The number of hydrogen-bond donors (Lipinski definition) is 0.